The van der Waals surface area contributed by atoms with E-state index in [1.54, 1.807) is 0 Å². The Morgan fingerprint density at radius 2 is 1.59 bits per heavy atom. The molecule has 2 aromatic carbocycles. The highest BCUT2D eigenvalue weighted by Gasteiger charge is 2.49. The van der Waals surface area contributed by atoms with Gasteiger partial charge in [0.2, 0.25) is 0 Å². The average Bonchev–Trinajstić information content (AvgIpc) is 3.46. The van der Waals surface area contributed by atoms with Gasteiger partial charge in [0.15, 0.2) is 5.82 Å². The highest BCUT2D eigenvalue weighted by molar-refractivity contribution is 5.61. The van der Waals surface area contributed by atoms with Crippen LogP contribution in [-0.2, 0) is 17.2 Å². The van der Waals surface area contributed by atoms with Crippen LogP contribution in [0.1, 0.15) is 24.2 Å². The van der Waals surface area contributed by atoms with Gasteiger partial charge in [-0.05, 0) is 42.7 Å². The molecule has 5 nitrogen and oxygen atoms in total. The molecule has 0 N–H and O–H groups in total. The molecule has 0 unspecified atom stereocenters. The molecule has 1 saturated carbocycles. The summed E-state index contributed by atoms with van der Waals surface area (Å²) in [6.07, 6.45) is 2.28. The van der Waals surface area contributed by atoms with Gasteiger partial charge < -0.3 is 14.2 Å². The maximum atomic E-state index is 5.44. The first-order valence-electron chi connectivity index (χ1n) is 9.66. The molecule has 2 fully saturated rings. The number of anilines is 1. The van der Waals surface area contributed by atoms with Crippen LogP contribution in [-0.4, -0.2) is 41.1 Å². The van der Waals surface area contributed by atoms with Crippen LogP contribution in [0.15, 0.2) is 54.6 Å². The van der Waals surface area contributed by atoms with E-state index >= 15 is 0 Å². The summed E-state index contributed by atoms with van der Waals surface area (Å²) in [6.45, 7) is 3.51. The number of morpholine rings is 1. The fourth-order valence-electron chi connectivity index (χ4n) is 4.16. The third kappa shape index (κ3) is 2.82. The van der Waals surface area contributed by atoms with Crippen LogP contribution in [0.3, 0.4) is 0 Å². The number of hydrogen-bond acceptors (Lipinski definition) is 4. The van der Waals surface area contributed by atoms with Gasteiger partial charge in [-0.15, -0.1) is 10.2 Å². The molecule has 5 heteroatoms. The van der Waals surface area contributed by atoms with Gasteiger partial charge in [-0.25, -0.2) is 0 Å². The van der Waals surface area contributed by atoms with Crippen LogP contribution in [0.4, 0.5) is 5.69 Å². The first kappa shape index (κ1) is 16.5. The Hall–Kier alpha value is -2.66. The number of ether oxygens (including phenoxy) is 1. The van der Waals surface area contributed by atoms with Crippen molar-refractivity contribution in [1.82, 2.24) is 14.8 Å². The van der Waals surface area contributed by atoms with Crippen molar-refractivity contribution in [3.8, 4) is 11.4 Å². The number of nitrogens with zero attached hydrogens (tertiary/aromatic N) is 4. The lowest BCUT2D eigenvalue weighted by Gasteiger charge is -2.28. The van der Waals surface area contributed by atoms with Gasteiger partial charge in [0.1, 0.15) is 5.82 Å². The van der Waals surface area contributed by atoms with Crippen molar-refractivity contribution >= 4 is 5.69 Å². The Kier molecular flexibility index (Phi) is 3.97. The van der Waals surface area contributed by atoms with Crippen molar-refractivity contribution in [2.45, 2.75) is 18.3 Å². The van der Waals surface area contributed by atoms with Crippen molar-refractivity contribution in [1.29, 1.82) is 0 Å². The molecule has 3 aromatic rings. The summed E-state index contributed by atoms with van der Waals surface area (Å²) in [5.74, 6) is 2.00. The second-order valence-corrected chi connectivity index (χ2v) is 7.50. The molecule has 0 radical (unpaired) electrons. The van der Waals surface area contributed by atoms with E-state index in [0.717, 1.165) is 56.4 Å². The first-order valence-corrected chi connectivity index (χ1v) is 9.66. The third-order valence-corrected chi connectivity index (χ3v) is 5.88. The summed E-state index contributed by atoms with van der Waals surface area (Å²) < 4.78 is 7.61. The highest BCUT2D eigenvalue weighted by atomic mass is 16.5. The van der Waals surface area contributed by atoms with Gasteiger partial charge in [-0.1, -0.05) is 30.3 Å². The average molecular weight is 360 g/mol. The van der Waals surface area contributed by atoms with E-state index < -0.39 is 0 Å². The Balaban J connectivity index is 1.44. The van der Waals surface area contributed by atoms with Gasteiger partial charge in [-0.3, -0.25) is 0 Å². The molecule has 1 aromatic heterocycles. The minimum Gasteiger partial charge on any atom is -0.378 e. The molecular formula is C22H24N4O. The van der Waals surface area contributed by atoms with E-state index in [1.807, 2.05) is 0 Å². The zero-order chi connectivity index (χ0) is 18.3. The predicted molar refractivity (Wildman–Crippen MR) is 106 cm³/mol. The first-order chi connectivity index (χ1) is 13.3. The second kappa shape index (κ2) is 6.50. The molecule has 2 aliphatic rings. The number of benzene rings is 2. The fourth-order valence-corrected chi connectivity index (χ4v) is 4.16. The standard InChI is InChI=1S/C22H24N4O/c1-25-20(17-7-9-19(10-8-17)26-13-15-27-16-14-26)23-24-21(25)22(11-12-22)18-5-3-2-4-6-18/h2-10H,11-16H2,1H3. The second-order valence-electron chi connectivity index (χ2n) is 7.50. The molecule has 1 aliphatic carbocycles. The quantitative estimate of drug-likeness (QED) is 0.715. The molecule has 0 amide bonds. The minimum absolute atomic E-state index is 0.0367. The molecule has 27 heavy (non-hydrogen) atoms. The Labute approximate surface area is 159 Å². The fraction of sp³-hybridized carbons (Fsp3) is 0.364. The molecule has 0 atom stereocenters. The summed E-state index contributed by atoms with van der Waals surface area (Å²) >= 11 is 0. The lowest BCUT2D eigenvalue weighted by Crippen LogP contribution is -2.36. The van der Waals surface area contributed by atoms with E-state index in [-0.39, 0.29) is 5.41 Å². The van der Waals surface area contributed by atoms with E-state index in [9.17, 15) is 0 Å². The minimum atomic E-state index is 0.0367. The van der Waals surface area contributed by atoms with Crippen molar-refractivity contribution < 1.29 is 4.74 Å². The van der Waals surface area contributed by atoms with Crippen molar-refractivity contribution in [3.63, 3.8) is 0 Å². The summed E-state index contributed by atoms with van der Waals surface area (Å²) in [6, 6.07) is 19.4. The van der Waals surface area contributed by atoms with Crippen LogP contribution in [0, 0.1) is 0 Å². The van der Waals surface area contributed by atoms with Gasteiger partial charge in [-0.2, -0.15) is 0 Å². The highest BCUT2D eigenvalue weighted by Crippen LogP contribution is 2.52. The molecule has 0 spiro atoms. The SMILES string of the molecule is Cn1c(-c2ccc(N3CCOCC3)cc2)nnc1C1(c2ccccc2)CC1. The zero-order valence-corrected chi connectivity index (χ0v) is 15.6. The largest absolute Gasteiger partial charge is 0.378 e. The Morgan fingerprint density at radius 1 is 0.889 bits per heavy atom. The number of hydrogen-bond donors (Lipinski definition) is 0. The topological polar surface area (TPSA) is 43.2 Å². The molecule has 0 bridgehead atoms. The lowest BCUT2D eigenvalue weighted by molar-refractivity contribution is 0.122. The van der Waals surface area contributed by atoms with Crippen LogP contribution in [0.5, 0.6) is 0 Å². The Morgan fingerprint density at radius 3 is 2.26 bits per heavy atom. The molecular weight excluding hydrogens is 336 g/mol. The maximum absolute atomic E-state index is 5.44. The smallest absolute Gasteiger partial charge is 0.163 e. The normalized spacial score (nSPS) is 18.5. The van der Waals surface area contributed by atoms with Gasteiger partial charge in [0, 0.05) is 31.4 Å². The lowest BCUT2D eigenvalue weighted by atomic mass is 9.95. The molecule has 1 aliphatic heterocycles. The van der Waals surface area contributed by atoms with E-state index in [0.29, 0.717) is 0 Å². The van der Waals surface area contributed by atoms with E-state index in [1.165, 1.54) is 11.3 Å². The van der Waals surface area contributed by atoms with Crippen molar-refractivity contribution in [3.05, 3.63) is 66.0 Å². The van der Waals surface area contributed by atoms with E-state index in [2.05, 4.69) is 81.3 Å². The summed E-state index contributed by atoms with van der Waals surface area (Å²) in [5.41, 5.74) is 3.73. The molecule has 1 saturated heterocycles. The van der Waals surface area contributed by atoms with Gasteiger partial charge in [0.05, 0.1) is 18.6 Å². The third-order valence-electron chi connectivity index (χ3n) is 5.88. The van der Waals surface area contributed by atoms with Crippen LogP contribution >= 0.6 is 0 Å². The summed E-state index contributed by atoms with van der Waals surface area (Å²) in [5, 5.41) is 9.14. The molecule has 5 rings (SSSR count). The van der Waals surface area contributed by atoms with Crippen LogP contribution in [0.2, 0.25) is 0 Å². The van der Waals surface area contributed by atoms with Crippen molar-refractivity contribution in [2.24, 2.45) is 7.05 Å². The summed E-state index contributed by atoms with van der Waals surface area (Å²) in [7, 11) is 2.09. The van der Waals surface area contributed by atoms with Crippen LogP contribution < -0.4 is 4.90 Å². The number of rotatable bonds is 4. The monoisotopic (exact) mass is 360 g/mol. The van der Waals surface area contributed by atoms with Crippen molar-refractivity contribution in [2.75, 3.05) is 31.2 Å². The Bertz CT molecular complexity index is 923. The summed E-state index contributed by atoms with van der Waals surface area (Å²) in [4.78, 5) is 2.37. The zero-order valence-electron chi connectivity index (χ0n) is 15.6. The molecule has 138 valence electrons. The van der Waals surface area contributed by atoms with E-state index in [4.69, 9.17) is 4.74 Å². The van der Waals surface area contributed by atoms with Gasteiger partial charge >= 0.3 is 0 Å². The van der Waals surface area contributed by atoms with Crippen LogP contribution in [0.25, 0.3) is 11.4 Å². The predicted octanol–water partition coefficient (Wildman–Crippen LogP) is 3.40. The molecule has 2 heterocycles. The number of aromatic nitrogens is 3. The van der Waals surface area contributed by atoms with Gasteiger partial charge in [0.25, 0.3) is 0 Å². The maximum Gasteiger partial charge on any atom is 0.163 e.